The highest BCUT2D eigenvalue weighted by atomic mass is 32.2. The van der Waals surface area contributed by atoms with Gasteiger partial charge in [0.1, 0.15) is 0 Å². The Labute approximate surface area is 126 Å². The van der Waals surface area contributed by atoms with Crippen LogP contribution in [0.1, 0.15) is 42.4 Å². The van der Waals surface area contributed by atoms with E-state index in [1.165, 1.54) is 0 Å². The third-order valence-electron chi connectivity index (χ3n) is 3.66. The minimum Gasteiger partial charge on any atom is -0.312 e. The predicted molar refractivity (Wildman–Crippen MR) is 83.7 cm³/mol. The smallest absolute Gasteiger partial charge is 0.244 e. The molecule has 1 aliphatic heterocycles. The topological polar surface area (TPSA) is 49.4 Å². The molecule has 2 rings (SSSR count). The normalized spacial score (nSPS) is 18.1. The maximum absolute atomic E-state index is 12.8. The van der Waals surface area contributed by atoms with Crippen LogP contribution in [0, 0.1) is 6.92 Å². The highest BCUT2D eigenvalue weighted by Gasteiger charge is 2.28. The van der Waals surface area contributed by atoms with Crippen molar-refractivity contribution >= 4 is 21.4 Å². The summed E-state index contributed by atoms with van der Waals surface area (Å²) in [6.45, 7) is 6.93. The molecule has 1 aromatic rings. The molecular formula is C14H24N2O2S2. The van der Waals surface area contributed by atoms with Gasteiger partial charge in [-0.15, -0.1) is 11.3 Å². The first-order valence-electron chi connectivity index (χ1n) is 7.36. The average Bonchev–Trinajstić information content (AvgIpc) is 2.65. The Bertz CT molecular complexity index is 529. The number of nitrogens with one attached hydrogen (secondary N) is 1. The zero-order valence-corrected chi connectivity index (χ0v) is 13.9. The number of hydrogen-bond acceptors (Lipinski definition) is 4. The maximum atomic E-state index is 12.8. The van der Waals surface area contributed by atoms with Gasteiger partial charge in [-0.1, -0.05) is 19.8 Å². The lowest BCUT2D eigenvalue weighted by Gasteiger charge is -2.19. The van der Waals surface area contributed by atoms with Gasteiger partial charge in [-0.25, -0.2) is 8.42 Å². The Morgan fingerprint density at radius 1 is 1.25 bits per heavy atom. The number of nitrogens with zero attached hydrogens (tertiary/aromatic N) is 1. The molecule has 20 heavy (non-hydrogen) atoms. The first-order valence-corrected chi connectivity index (χ1v) is 9.61. The van der Waals surface area contributed by atoms with Gasteiger partial charge in [0.25, 0.3) is 0 Å². The molecule has 0 aromatic carbocycles. The van der Waals surface area contributed by atoms with E-state index in [9.17, 15) is 8.42 Å². The summed E-state index contributed by atoms with van der Waals surface area (Å²) in [4.78, 5) is 2.51. The predicted octanol–water partition coefficient (Wildman–Crippen LogP) is 2.73. The van der Waals surface area contributed by atoms with Crippen LogP contribution in [-0.4, -0.2) is 32.4 Å². The van der Waals surface area contributed by atoms with Crippen molar-refractivity contribution in [1.29, 1.82) is 0 Å². The van der Waals surface area contributed by atoms with Gasteiger partial charge >= 0.3 is 0 Å². The zero-order valence-electron chi connectivity index (χ0n) is 12.3. The maximum Gasteiger partial charge on any atom is 0.244 e. The van der Waals surface area contributed by atoms with E-state index in [1.807, 2.05) is 13.0 Å². The third-order valence-corrected chi connectivity index (χ3v) is 6.86. The lowest BCUT2D eigenvalue weighted by atomic mass is 10.2. The van der Waals surface area contributed by atoms with Gasteiger partial charge in [0.05, 0.1) is 4.90 Å². The van der Waals surface area contributed by atoms with E-state index in [-0.39, 0.29) is 0 Å². The second-order valence-corrected chi connectivity index (χ2v) is 8.48. The SMILES string of the molecule is CCNCc1cc(S(=O)(=O)N2CCCCCC2)c(C)s1. The van der Waals surface area contributed by atoms with Crippen LogP contribution in [0.5, 0.6) is 0 Å². The van der Waals surface area contributed by atoms with Gasteiger partial charge in [0.2, 0.25) is 10.0 Å². The van der Waals surface area contributed by atoms with E-state index >= 15 is 0 Å². The van der Waals surface area contributed by atoms with E-state index in [4.69, 9.17) is 0 Å². The van der Waals surface area contributed by atoms with Crippen molar-refractivity contribution in [2.75, 3.05) is 19.6 Å². The first kappa shape index (κ1) is 15.9. The molecule has 0 radical (unpaired) electrons. The molecule has 0 bridgehead atoms. The minimum atomic E-state index is -3.30. The standard InChI is InChI=1S/C14H24N2O2S2/c1-3-15-11-13-10-14(12(2)19-13)20(17,18)16-8-6-4-5-7-9-16/h10,15H,3-9,11H2,1-2H3. The molecule has 1 N–H and O–H groups in total. The molecule has 0 unspecified atom stereocenters. The number of sulfonamides is 1. The fraction of sp³-hybridized carbons (Fsp3) is 0.714. The van der Waals surface area contributed by atoms with E-state index in [0.29, 0.717) is 18.0 Å². The Morgan fingerprint density at radius 2 is 1.90 bits per heavy atom. The highest BCUT2D eigenvalue weighted by Crippen LogP contribution is 2.29. The van der Waals surface area contributed by atoms with Gasteiger partial charge in [-0.2, -0.15) is 4.31 Å². The highest BCUT2D eigenvalue weighted by molar-refractivity contribution is 7.89. The molecule has 2 heterocycles. The molecular weight excluding hydrogens is 292 g/mol. The molecule has 0 aliphatic carbocycles. The van der Waals surface area contributed by atoms with Crippen molar-refractivity contribution in [2.45, 2.75) is 51.0 Å². The van der Waals surface area contributed by atoms with Crippen LogP contribution in [-0.2, 0) is 16.6 Å². The Hall–Kier alpha value is -0.430. The van der Waals surface area contributed by atoms with Crippen LogP contribution in [0.25, 0.3) is 0 Å². The third kappa shape index (κ3) is 3.61. The summed E-state index contributed by atoms with van der Waals surface area (Å²) in [5.41, 5.74) is 0. The first-order chi connectivity index (χ1) is 9.55. The molecule has 4 nitrogen and oxygen atoms in total. The van der Waals surface area contributed by atoms with Crippen molar-refractivity contribution in [1.82, 2.24) is 9.62 Å². The average molecular weight is 316 g/mol. The summed E-state index contributed by atoms with van der Waals surface area (Å²) < 4.78 is 27.2. The van der Waals surface area contributed by atoms with Gasteiger partial charge in [-0.05, 0) is 32.4 Å². The summed E-state index contributed by atoms with van der Waals surface area (Å²) in [5, 5.41) is 3.25. The Morgan fingerprint density at radius 3 is 2.50 bits per heavy atom. The van der Waals surface area contributed by atoms with E-state index in [2.05, 4.69) is 12.2 Å². The van der Waals surface area contributed by atoms with Crippen LogP contribution in [0.2, 0.25) is 0 Å². The Kier molecular flexibility index (Phi) is 5.60. The number of thiophene rings is 1. The largest absolute Gasteiger partial charge is 0.312 e. The molecule has 1 aromatic heterocycles. The van der Waals surface area contributed by atoms with E-state index in [1.54, 1.807) is 15.6 Å². The molecule has 0 atom stereocenters. The number of aryl methyl sites for hydroxylation is 1. The fourth-order valence-electron chi connectivity index (χ4n) is 2.54. The van der Waals surface area contributed by atoms with E-state index in [0.717, 1.165) is 48.5 Å². The van der Waals surface area contributed by atoms with Gasteiger partial charge in [-0.3, -0.25) is 0 Å². The molecule has 6 heteroatoms. The summed E-state index contributed by atoms with van der Waals surface area (Å²) in [5.74, 6) is 0. The van der Waals surface area contributed by atoms with Crippen LogP contribution in [0.15, 0.2) is 11.0 Å². The van der Waals surface area contributed by atoms with Crippen molar-refractivity contribution in [3.05, 3.63) is 15.8 Å². The summed E-state index contributed by atoms with van der Waals surface area (Å²) in [6, 6.07) is 1.85. The van der Waals surface area contributed by atoms with E-state index < -0.39 is 10.0 Å². The van der Waals surface area contributed by atoms with Crippen LogP contribution < -0.4 is 5.32 Å². The molecule has 114 valence electrons. The quantitative estimate of drug-likeness (QED) is 0.908. The minimum absolute atomic E-state index is 0.511. The van der Waals surface area contributed by atoms with Gasteiger partial charge in [0, 0.05) is 29.4 Å². The second kappa shape index (κ2) is 7.02. The zero-order chi connectivity index (χ0) is 14.6. The summed E-state index contributed by atoms with van der Waals surface area (Å²) in [6.07, 6.45) is 4.24. The Balaban J connectivity index is 2.21. The molecule has 1 saturated heterocycles. The van der Waals surface area contributed by atoms with Gasteiger partial charge < -0.3 is 5.32 Å². The molecule has 1 aliphatic rings. The summed E-state index contributed by atoms with van der Waals surface area (Å²) in [7, 11) is -3.30. The molecule has 0 amide bonds. The molecule has 1 fully saturated rings. The number of rotatable bonds is 5. The summed E-state index contributed by atoms with van der Waals surface area (Å²) >= 11 is 1.58. The van der Waals surface area contributed by atoms with Crippen molar-refractivity contribution in [3.8, 4) is 0 Å². The lowest BCUT2D eigenvalue weighted by molar-refractivity contribution is 0.423. The van der Waals surface area contributed by atoms with Crippen molar-refractivity contribution in [3.63, 3.8) is 0 Å². The van der Waals surface area contributed by atoms with Crippen LogP contribution in [0.3, 0.4) is 0 Å². The number of hydrogen-bond donors (Lipinski definition) is 1. The molecule has 0 saturated carbocycles. The van der Waals surface area contributed by atoms with Crippen LogP contribution >= 0.6 is 11.3 Å². The van der Waals surface area contributed by atoms with Crippen molar-refractivity contribution < 1.29 is 8.42 Å². The fourth-order valence-corrected chi connectivity index (χ4v) is 5.63. The second-order valence-electron chi connectivity index (χ2n) is 5.23. The van der Waals surface area contributed by atoms with Gasteiger partial charge in [0.15, 0.2) is 0 Å². The monoisotopic (exact) mass is 316 g/mol. The van der Waals surface area contributed by atoms with Crippen LogP contribution in [0.4, 0.5) is 0 Å². The van der Waals surface area contributed by atoms with Crippen molar-refractivity contribution in [2.24, 2.45) is 0 Å². The lowest BCUT2D eigenvalue weighted by Crippen LogP contribution is -2.32. The molecule has 0 spiro atoms.